The number of benzene rings is 1. The summed E-state index contributed by atoms with van der Waals surface area (Å²) in [5.74, 6) is 0.945. The first-order chi connectivity index (χ1) is 17.1. The van der Waals surface area contributed by atoms with Crippen LogP contribution in [0.3, 0.4) is 0 Å². The zero-order chi connectivity index (χ0) is 24.2. The summed E-state index contributed by atoms with van der Waals surface area (Å²) in [5, 5.41) is 0.953. The summed E-state index contributed by atoms with van der Waals surface area (Å²) in [4.78, 5) is 43.7. The van der Waals surface area contributed by atoms with E-state index in [1.807, 2.05) is 40.1 Å². The van der Waals surface area contributed by atoms with Gasteiger partial charge in [-0.1, -0.05) is 17.4 Å². The molecule has 2 saturated heterocycles. The van der Waals surface area contributed by atoms with Crippen LogP contribution in [-0.2, 0) is 9.59 Å². The number of methoxy groups -OCH3 is 1. The molecule has 184 valence electrons. The van der Waals surface area contributed by atoms with Gasteiger partial charge in [-0.2, -0.15) is 0 Å². The number of carbonyl (C=O) groups excluding carboxylic acids is 2. The van der Waals surface area contributed by atoms with E-state index in [-0.39, 0.29) is 24.7 Å². The number of nitrogens with zero attached hydrogens (tertiary/aromatic N) is 6. The molecule has 9 nitrogen and oxygen atoms in total. The van der Waals surface area contributed by atoms with E-state index in [1.165, 1.54) is 0 Å². The highest BCUT2D eigenvalue weighted by atomic mass is 32.1. The van der Waals surface area contributed by atoms with Crippen molar-refractivity contribution in [3.05, 3.63) is 42.6 Å². The summed E-state index contributed by atoms with van der Waals surface area (Å²) in [6, 6.07) is 11.9. The SMILES string of the molecule is COc1cccc(N2CCN(C(=O)CCC(=O)N3CCN(c4nc5cccnc5s4)CC3)CC2)c1. The van der Waals surface area contributed by atoms with Gasteiger partial charge >= 0.3 is 0 Å². The topological polar surface area (TPSA) is 82.1 Å². The number of hydrogen-bond acceptors (Lipinski definition) is 8. The van der Waals surface area contributed by atoms with E-state index in [0.717, 1.165) is 53.1 Å². The molecule has 2 aliphatic heterocycles. The van der Waals surface area contributed by atoms with Crippen molar-refractivity contribution in [1.29, 1.82) is 0 Å². The van der Waals surface area contributed by atoms with Crippen molar-refractivity contribution in [2.24, 2.45) is 0 Å². The van der Waals surface area contributed by atoms with Crippen molar-refractivity contribution < 1.29 is 14.3 Å². The van der Waals surface area contributed by atoms with Crippen molar-refractivity contribution in [1.82, 2.24) is 19.8 Å². The summed E-state index contributed by atoms with van der Waals surface area (Å²) in [5.41, 5.74) is 2.02. The maximum atomic E-state index is 12.8. The van der Waals surface area contributed by atoms with Crippen LogP contribution in [0.4, 0.5) is 10.8 Å². The lowest BCUT2D eigenvalue weighted by molar-refractivity contribution is -0.137. The average molecular weight is 495 g/mol. The molecule has 0 atom stereocenters. The Hall–Kier alpha value is -3.40. The Balaban J connectivity index is 1.05. The van der Waals surface area contributed by atoms with Crippen LogP contribution in [0.2, 0.25) is 0 Å². The molecule has 3 aromatic rings. The first kappa shape index (κ1) is 23.3. The Labute approximate surface area is 208 Å². The van der Waals surface area contributed by atoms with Crippen LogP contribution in [0.25, 0.3) is 10.3 Å². The predicted octanol–water partition coefficient (Wildman–Crippen LogP) is 2.48. The van der Waals surface area contributed by atoms with Crippen LogP contribution in [0.5, 0.6) is 5.75 Å². The maximum Gasteiger partial charge on any atom is 0.223 e. The molecular formula is C25H30N6O3S. The van der Waals surface area contributed by atoms with Crippen molar-refractivity contribution in [3.8, 4) is 5.75 Å². The molecule has 0 spiro atoms. The fourth-order valence-corrected chi connectivity index (χ4v) is 5.55. The lowest BCUT2D eigenvalue weighted by atomic mass is 10.2. The quantitative estimate of drug-likeness (QED) is 0.521. The van der Waals surface area contributed by atoms with Crippen LogP contribution < -0.4 is 14.5 Å². The first-order valence-electron chi connectivity index (χ1n) is 12.0. The van der Waals surface area contributed by atoms with Gasteiger partial charge in [0.2, 0.25) is 11.8 Å². The number of fused-ring (bicyclic) bond motifs is 1. The van der Waals surface area contributed by atoms with E-state index >= 15 is 0 Å². The molecule has 0 aliphatic carbocycles. The second-order valence-electron chi connectivity index (χ2n) is 8.76. The normalized spacial score (nSPS) is 16.6. The maximum absolute atomic E-state index is 12.8. The Morgan fingerprint density at radius 3 is 2.17 bits per heavy atom. The molecule has 0 radical (unpaired) electrons. The smallest absolute Gasteiger partial charge is 0.223 e. The van der Waals surface area contributed by atoms with Gasteiger partial charge in [0.25, 0.3) is 0 Å². The Bertz CT molecular complexity index is 1150. The predicted molar refractivity (Wildman–Crippen MR) is 137 cm³/mol. The molecule has 5 rings (SSSR count). The van der Waals surface area contributed by atoms with E-state index in [1.54, 1.807) is 24.6 Å². The van der Waals surface area contributed by atoms with Gasteiger partial charge in [0.15, 0.2) is 5.13 Å². The van der Waals surface area contributed by atoms with Crippen LogP contribution in [0.15, 0.2) is 42.6 Å². The summed E-state index contributed by atoms with van der Waals surface area (Å²) < 4.78 is 5.32. The summed E-state index contributed by atoms with van der Waals surface area (Å²) >= 11 is 1.58. The largest absolute Gasteiger partial charge is 0.497 e. The van der Waals surface area contributed by atoms with Gasteiger partial charge in [-0.05, 0) is 24.3 Å². The number of pyridine rings is 1. The van der Waals surface area contributed by atoms with Crippen LogP contribution in [0, 0.1) is 0 Å². The van der Waals surface area contributed by atoms with E-state index in [9.17, 15) is 9.59 Å². The minimum atomic E-state index is 0.0546. The number of piperazine rings is 2. The van der Waals surface area contributed by atoms with Gasteiger partial charge < -0.3 is 24.3 Å². The summed E-state index contributed by atoms with van der Waals surface area (Å²) in [7, 11) is 1.66. The Morgan fingerprint density at radius 1 is 0.886 bits per heavy atom. The van der Waals surface area contributed by atoms with Gasteiger partial charge in [-0.25, -0.2) is 9.97 Å². The molecule has 0 unspecified atom stereocenters. The lowest BCUT2D eigenvalue weighted by Crippen LogP contribution is -2.50. The van der Waals surface area contributed by atoms with E-state index in [4.69, 9.17) is 4.74 Å². The van der Waals surface area contributed by atoms with Gasteiger partial charge in [-0.3, -0.25) is 9.59 Å². The number of carbonyl (C=O) groups is 2. The number of thiazole rings is 1. The number of anilines is 2. The molecule has 35 heavy (non-hydrogen) atoms. The van der Waals surface area contributed by atoms with E-state index < -0.39 is 0 Å². The van der Waals surface area contributed by atoms with Gasteiger partial charge in [0, 0.05) is 83.2 Å². The van der Waals surface area contributed by atoms with E-state index in [0.29, 0.717) is 26.2 Å². The Kier molecular flexibility index (Phi) is 6.98. The fourth-order valence-electron chi connectivity index (χ4n) is 4.59. The summed E-state index contributed by atoms with van der Waals surface area (Å²) in [6.07, 6.45) is 2.31. The third-order valence-electron chi connectivity index (χ3n) is 6.66. The van der Waals surface area contributed by atoms with Crippen LogP contribution in [0.1, 0.15) is 12.8 Å². The van der Waals surface area contributed by atoms with Crippen molar-refractivity contribution >= 4 is 44.3 Å². The average Bonchev–Trinajstić information content (AvgIpc) is 3.36. The molecule has 4 heterocycles. The summed E-state index contributed by atoms with van der Waals surface area (Å²) in [6.45, 7) is 5.66. The second kappa shape index (κ2) is 10.5. The van der Waals surface area contributed by atoms with Crippen molar-refractivity contribution in [3.63, 3.8) is 0 Å². The minimum Gasteiger partial charge on any atom is -0.497 e. The molecule has 10 heteroatoms. The lowest BCUT2D eigenvalue weighted by Gasteiger charge is -2.36. The molecule has 1 aromatic carbocycles. The van der Waals surface area contributed by atoms with Gasteiger partial charge in [0.05, 0.1) is 7.11 Å². The molecule has 0 saturated carbocycles. The molecule has 0 N–H and O–H groups in total. The van der Waals surface area contributed by atoms with E-state index in [2.05, 4.69) is 25.8 Å². The number of ether oxygens (including phenoxy) is 1. The molecule has 2 fully saturated rings. The standard InChI is InChI=1S/C25H30N6O3S/c1-34-20-5-2-4-19(18-20)28-10-12-29(13-11-28)22(32)7-8-23(33)30-14-16-31(17-15-30)25-27-21-6-3-9-26-24(21)35-25/h2-6,9,18H,7-8,10-17H2,1H3. The fraction of sp³-hybridized carbons (Fsp3) is 0.440. The van der Waals surface area contributed by atoms with Crippen molar-refractivity contribution in [2.45, 2.75) is 12.8 Å². The number of aromatic nitrogens is 2. The monoisotopic (exact) mass is 494 g/mol. The molecular weight excluding hydrogens is 464 g/mol. The Morgan fingerprint density at radius 2 is 1.54 bits per heavy atom. The molecule has 2 aromatic heterocycles. The highest BCUT2D eigenvalue weighted by Gasteiger charge is 2.26. The number of rotatable bonds is 6. The van der Waals surface area contributed by atoms with Crippen LogP contribution in [-0.4, -0.2) is 91.0 Å². The van der Waals surface area contributed by atoms with Gasteiger partial charge in [-0.15, -0.1) is 0 Å². The van der Waals surface area contributed by atoms with Gasteiger partial charge in [0.1, 0.15) is 16.1 Å². The molecule has 2 aliphatic rings. The van der Waals surface area contributed by atoms with Crippen molar-refractivity contribution in [2.75, 3.05) is 69.3 Å². The third kappa shape index (κ3) is 5.32. The highest BCUT2D eigenvalue weighted by molar-refractivity contribution is 7.21. The zero-order valence-electron chi connectivity index (χ0n) is 19.9. The van der Waals surface area contributed by atoms with Crippen LogP contribution >= 0.6 is 11.3 Å². The number of amides is 2. The highest BCUT2D eigenvalue weighted by Crippen LogP contribution is 2.28. The minimum absolute atomic E-state index is 0.0546. The zero-order valence-corrected chi connectivity index (χ0v) is 20.7. The third-order valence-corrected chi connectivity index (χ3v) is 7.70. The number of hydrogen-bond donors (Lipinski definition) is 0. The first-order valence-corrected chi connectivity index (χ1v) is 12.8. The molecule has 2 amide bonds. The molecule has 0 bridgehead atoms. The second-order valence-corrected chi connectivity index (χ2v) is 9.72.